The molecule has 1 aromatic rings. The summed E-state index contributed by atoms with van der Waals surface area (Å²) in [5.74, 6) is -3.56. The first-order valence-corrected chi connectivity index (χ1v) is 10.2. The third-order valence-electron chi connectivity index (χ3n) is 6.99. The largest absolute Gasteiger partial charge is 0.471 e. The molecule has 1 saturated heterocycles. The van der Waals surface area contributed by atoms with Crippen LogP contribution in [0.1, 0.15) is 12.0 Å². The number of likely N-dealkylation sites (tertiary alicyclic amines) is 1. The van der Waals surface area contributed by atoms with Gasteiger partial charge in [-0.25, -0.2) is 0 Å². The lowest BCUT2D eigenvalue weighted by Crippen LogP contribution is -2.49. The second-order valence-corrected chi connectivity index (χ2v) is 8.97. The van der Waals surface area contributed by atoms with Gasteiger partial charge in [0.1, 0.15) is 6.67 Å². The Labute approximate surface area is 175 Å². The van der Waals surface area contributed by atoms with Crippen molar-refractivity contribution >= 4 is 35.0 Å². The minimum absolute atomic E-state index is 0.0490. The lowest BCUT2D eigenvalue weighted by atomic mass is 9.63. The van der Waals surface area contributed by atoms with Gasteiger partial charge in [-0.3, -0.25) is 24.2 Å². The summed E-state index contributed by atoms with van der Waals surface area (Å²) in [4.78, 5) is 39.6. The van der Waals surface area contributed by atoms with Crippen molar-refractivity contribution in [2.75, 3.05) is 11.6 Å². The third-order valence-corrected chi connectivity index (χ3v) is 7.40. The Morgan fingerprint density at radius 2 is 1.70 bits per heavy atom. The van der Waals surface area contributed by atoms with Crippen LogP contribution in [0.2, 0.25) is 5.02 Å². The quantitative estimate of drug-likeness (QED) is 0.535. The molecule has 3 amide bonds. The number of imide groups is 1. The van der Waals surface area contributed by atoms with E-state index in [1.54, 1.807) is 6.92 Å². The number of rotatable bonds is 3. The van der Waals surface area contributed by atoms with E-state index in [2.05, 4.69) is 0 Å². The second kappa shape index (κ2) is 6.33. The van der Waals surface area contributed by atoms with Gasteiger partial charge in [-0.05, 0) is 54.7 Å². The fraction of sp³-hybridized carbons (Fsp3) is 0.476. The second-order valence-electron chi connectivity index (χ2n) is 8.56. The SMILES string of the molecule is Cc1ccc(N(CN2C(=O)C3C4C=CC(C5CC45)C3C2=O)C(=O)C(F)(F)F)cc1Cl. The van der Waals surface area contributed by atoms with Crippen LogP contribution in [0.25, 0.3) is 0 Å². The fourth-order valence-corrected chi connectivity index (χ4v) is 5.64. The monoisotopic (exact) mass is 438 g/mol. The molecule has 2 bridgehead atoms. The predicted molar refractivity (Wildman–Crippen MR) is 101 cm³/mol. The summed E-state index contributed by atoms with van der Waals surface area (Å²) in [6, 6.07) is 4.04. The first-order chi connectivity index (χ1) is 14.1. The van der Waals surface area contributed by atoms with Crippen molar-refractivity contribution in [2.24, 2.45) is 35.5 Å². The van der Waals surface area contributed by atoms with Crippen LogP contribution in [0.5, 0.6) is 0 Å². The Morgan fingerprint density at radius 1 is 1.13 bits per heavy atom. The minimum Gasteiger partial charge on any atom is -0.286 e. The molecule has 1 aliphatic heterocycles. The standard InChI is InChI=1S/C21H18ClF3N2O3/c1-9-2-3-10(6-15(9)22)26(20(30)21(23,24)25)8-27-18(28)16-11-4-5-12(14-7-13(11)14)17(16)19(27)29/h2-6,11-14,16-17H,7-8H2,1H3. The number of carbonyl (C=O) groups excluding carboxylic acids is 3. The zero-order valence-corrected chi connectivity index (χ0v) is 16.7. The number of aryl methyl sites for hydroxylation is 1. The number of allylic oxidation sites excluding steroid dienone is 2. The first kappa shape index (κ1) is 19.6. The number of hydrogen-bond acceptors (Lipinski definition) is 3. The Hall–Kier alpha value is -2.35. The molecule has 0 spiro atoms. The zero-order valence-electron chi connectivity index (χ0n) is 15.9. The molecule has 158 valence electrons. The number of halogens is 4. The highest BCUT2D eigenvalue weighted by Gasteiger charge is 2.67. The number of hydrogen-bond donors (Lipinski definition) is 0. The maximum atomic E-state index is 13.3. The molecule has 1 heterocycles. The van der Waals surface area contributed by atoms with Crippen LogP contribution in [0.15, 0.2) is 30.4 Å². The average Bonchev–Trinajstić information content (AvgIpc) is 3.47. The molecular formula is C21H18ClF3N2O3. The molecular weight excluding hydrogens is 421 g/mol. The lowest BCUT2D eigenvalue weighted by Gasteiger charge is -2.37. The Balaban J connectivity index is 1.48. The van der Waals surface area contributed by atoms with Gasteiger partial charge in [0.25, 0.3) is 0 Å². The highest BCUT2D eigenvalue weighted by Crippen LogP contribution is 2.65. The van der Waals surface area contributed by atoms with Crippen LogP contribution < -0.4 is 4.90 Å². The van der Waals surface area contributed by atoms with Gasteiger partial charge in [0.15, 0.2) is 0 Å². The van der Waals surface area contributed by atoms with E-state index in [0.717, 1.165) is 11.3 Å². The van der Waals surface area contributed by atoms with Crippen molar-refractivity contribution < 1.29 is 27.6 Å². The Bertz CT molecular complexity index is 972. The van der Waals surface area contributed by atoms with Gasteiger partial charge in [0.05, 0.1) is 11.8 Å². The molecule has 0 radical (unpaired) electrons. The smallest absolute Gasteiger partial charge is 0.286 e. The summed E-state index contributed by atoms with van der Waals surface area (Å²) in [7, 11) is 0. The predicted octanol–water partition coefficient (Wildman–Crippen LogP) is 3.55. The van der Waals surface area contributed by atoms with Crippen molar-refractivity contribution in [3.8, 4) is 0 Å². The number of amides is 3. The maximum absolute atomic E-state index is 13.3. The Kier molecular flexibility index (Phi) is 4.13. The van der Waals surface area contributed by atoms with Crippen LogP contribution in [0.3, 0.4) is 0 Å². The molecule has 0 N–H and O–H groups in total. The van der Waals surface area contributed by atoms with E-state index in [9.17, 15) is 27.6 Å². The van der Waals surface area contributed by atoms with E-state index < -0.39 is 42.4 Å². The van der Waals surface area contributed by atoms with Crippen LogP contribution in [-0.4, -0.2) is 35.5 Å². The van der Waals surface area contributed by atoms with E-state index >= 15 is 0 Å². The molecule has 4 aliphatic carbocycles. The molecule has 6 rings (SSSR count). The van der Waals surface area contributed by atoms with Gasteiger partial charge in [0.2, 0.25) is 11.8 Å². The summed E-state index contributed by atoms with van der Waals surface area (Å²) in [5.41, 5.74) is 0.508. The fourth-order valence-electron chi connectivity index (χ4n) is 5.47. The Morgan fingerprint density at radius 3 is 2.20 bits per heavy atom. The summed E-state index contributed by atoms with van der Waals surface area (Å²) >= 11 is 6.04. The van der Waals surface area contributed by atoms with Crippen molar-refractivity contribution in [3.05, 3.63) is 40.9 Å². The number of benzene rings is 1. The summed E-state index contributed by atoms with van der Waals surface area (Å²) in [5, 5.41) is 0.183. The molecule has 6 unspecified atom stereocenters. The van der Waals surface area contributed by atoms with Crippen LogP contribution in [-0.2, 0) is 14.4 Å². The van der Waals surface area contributed by atoms with Crippen molar-refractivity contribution in [2.45, 2.75) is 19.5 Å². The van der Waals surface area contributed by atoms with Gasteiger partial charge < -0.3 is 0 Å². The van der Waals surface area contributed by atoms with Gasteiger partial charge >= 0.3 is 12.1 Å². The van der Waals surface area contributed by atoms with Gasteiger partial charge in [-0.1, -0.05) is 29.8 Å². The van der Waals surface area contributed by atoms with Crippen molar-refractivity contribution in [1.29, 1.82) is 0 Å². The third kappa shape index (κ3) is 2.72. The molecule has 6 atom stereocenters. The van der Waals surface area contributed by atoms with Crippen LogP contribution >= 0.6 is 11.6 Å². The van der Waals surface area contributed by atoms with E-state index in [1.165, 1.54) is 18.2 Å². The summed E-state index contributed by atoms with van der Waals surface area (Å²) < 4.78 is 39.9. The highest BCUT2D eigenvalue weighted by atomic mass is 35.5. The number of alkyl halides is 3. The first-order valence-electron chi connectivity index (χ1n) is 9.78. The molecule has 1 aromatic carbocycles. The van der Waals surface area contributed by atoms with Crippen LogP contribution in [0, 0.1) is 42.4 Å². The van der Waals surface area contributed by atoms with Crippen molar-refractivity contribution in [3.63, 3.8) is 0 Å². The molecule has 5 nitrogen and oxygen atoms in total. The molecule has 5 aliphatic rings. The van der Waals surface area contributed by atoms with Gasteiger partial charge in [-0.2, -0.15) is 13.2 Å². The van der Waals surface area contributed by atoms with Gasteiger partial charge in [-0.15, -0.1) is 0 Å². The summed E-state index contributed by atoms with van der Waals surface area (Å²) in [6.07, 6.45) is -0.227. The van der Waals surface area contributed by atoms with E-state index in [4.69, 9.17) is 11.6 Å². The normalized spacial score (nSPS) is 33.6. The molecule has 3 fully saturated rings. The van der Waals surface area contributed by atoms with Crippen molar-refractivity contribution in [1.82, 2.24) is 4.90 Å². The van der Waals surface area contributed by atoms with Crippen LogP contribution in [0.4, 0.5) is 18.9 Å². The van der Waals surface area contributed by atoms with E-state index in [-0.39, 0.29) is 22.5 Å². The number of anilines is 1. The maximum Gasteiger partial charge on any atom is 0.471 e. The molecule has 0 aromatic heterocycles. The molecule has 2 saturated carbocycles. The minimum atomic E-state index is -5.17. The van der Waals surface area contributed by atoms with E-state index in [1.807, 2.05) is 12.2 Å². The topological polar surface area (TPSA) is 57.7 Å². The molecule has 9 heteroatoms. The highest BCUT2D eigenvalue weighted by molar-refractivity contribution is 6.31. The summed E-state index contributed by atoms with van der Waals surface area (Å²) in [6.45, 7) is 0.894. The number of carbonyl (C=O) groups is 3. The molecule has 30 heavy (non-hydrogen) atoms. The number of nitrogens with zero attached hydrogens (tertiary/aromatic N) is 2. The zero-order chi connectivity index (χ0) is 21.5. The average molecular weight is 439 g/mol. The lowest BCUT2D eigenvalue weighted by molar-refractivity contribution is -0.171. The van der Waals surface area contributed by atoms with Gasteiger partial charge in [0, 0.05) is 10.7 Å². The van der Waals surface area contributed by atoms with E-state index in [0.29, 0.717) is 22.3 Å².